The van der Waals surface area contributed by atoms with Crippen LogP contribution in [0.1, 0.15) is 36.9 Å². The van der Waals surface area contributed by atoms with Gasteiger partial charge in [-0.05, 0) is 30.9 Å². The van der Waals surface area contributed by atoms with Crippen LogP contribution in [0, 0.1) is 0 Å². The minimum absolute atomic E-state index is 0.121. The number of carboxylic acids is 2. The van der Waals surface area contributed by atoms with Gasteiger partial charge in [0.1, 0.15) is 18.1 Å². The Labute approximate surface area is 245 Å². The lowest BCUT2D eigenvalue weighted by Gasteiger charge is -2.25. The largest absolute Gasteiger partial charge is 0.481 e. The summed E-state index contributed by atoms with van der Waals surface area (Å²) < 4.78 is 0. The predicted molar refractivity (Wildman–Crippen MR) is 151 cm³/mol. The minimum Gasteiger partial charge on any atom is -0.481 e. The van der Waals surface area contributed by atoms with Crippen LogP contribution in [-0.2, 0) is 41.6 Å². The zero-order valence-electron chi connectivity index (χ0n) is 23.0. The van der Waals surface area contributed by atoms with Gasteiger partial charge in [0.05, 0.1) is 12.4 Å². The van der Waals surface area contributed by atoms with Gasteiger partial charge in [-0.2, -0.15) is 0 Å². The first-order chi connectivity index (χ1) is 20.4. The molecule has 0 saturated heterocycles. The van der Waals surface area contributed by atoms with Crippen LogP contribution >= 0.6 is 0 Å². The van der Waals surface area contributed by atoms with E-state index in [2.05, 4.69) is 30.9 Å². The maximum Gasteiger partial charge on any atom is 0.326 e. The van der Waals surface area contributed by atoms with Crippen molar-refractivity contribution in [2.45, 2.75) is 62.7 Å². The van der Waals surface area contributed by atoms with Gasteiger partial charge in [-0.25, -0.2) is 9.78 Å². The number of nitrogens with two attached hydrogens (primary N) is 2. The Balaban J connectivity index is 1.74. The summed E-state index contributed by atoms with van der Waals surface area (Å²) in [4.78, 5) is 83.3. The van der Waals surface area contributed by atoms with Crippen molar-refractivity contribution >= 4 is 46.5 Å². The first kappa shape index (κ1) is 32.3. The molecule has 43 heavy (non-hydrogen) atoms. The molecule has 11 N–H and O–H groups in total. The van der Waals surface area contributed by atoms with Crippen LogP contribution in [0.25, 0.3) is 10.9 Å². The van der Waals surface area contributed by atoms with E-state index in [9.17, 15) is 39.0 Å². The first-order valence-corrected chi connectivity index (χ1v) is 13.4. The number of hydrogen-bond acceptors (Lipinski definition) is 8. The van der Waals surface area contributed by atoms with E-state index in [0.717, 1.165) is 16.5 Å². The number of rotatable bonds is 17. The molecule has 0 aliphatic heterocycles. The van der Waals surface area contributed by atoms with Gasteiger partial charge in [0.2, 0.25) is 23.6 Å². The summed E-state index contributed by atoms with van der Waals surface area (Å²) in [7, 11) is 0. The SMILES string of the molecule is NC(=O)CCC(NC(=O)C(Cc1cnc[nH]1)NC(=O)C(CCC(=O)O)NC(=O)C(N)Cc1c[nH]c2ccccc12)C(=O)O. The highest BCUT2D eigenvalue weighted by Crippen LogP contribution is 2.19. The molecule has 0 fully saturated rings. The van der Waals surface area contributed by atoms with Gasteiger partial charge < -0.3 is 47.6 Å². The molecule has 0 radical (unpaired) electrons. The van der Waals surface area contributed by atoms with Crippen LogP contribution in [0.5, 0.6) is 0 Å². The second-order valence-corrected chi connectivity index (χ2v) is 9.91. The van der Waals surface area contributed by atoms with Crippen molar-refractivity contribution in [3.05, 3.63) is 54.2 Å². The number of nitrogens with one attached hydrogen (secondary N) is 5. The highest BCUT2D eigenvalue weighted by molar-refractivity contribution is 5.95. The van der Waals surface area contributed by atoms with Crippen LogP contribution in [0.15, 0.2) is 43.0 Å². The average molecular weight is 599 g/mol. The van der Waals surface area contributed by atoms with Crippen molar-refractivity contribution in [2.75, 3.05) is 0 Å². The third-order valence-electron chi connectivity index (χ3n) is 6.64. The summed E-state index contributed by atoms with van der Waals surface area (Å²) in [6, 6.07) is 2.09. The van der Waals surface area contributed by atoms with Gasteiger partial charge in [0.15, 0.2) is 0 Å². The van der Waals surface area contributed by atoms with Crippen molar-refractivity contribution in [3.63, 3.8) is 0 Å². The molecule has 16 heteroatoms. The van der Waals surface area contributed by atoms with Crippen molar-refractivity contribution < 1.29 is 39.0 Å². The lowest BCUT2D eigenvalue weighted by atomic mass is 10.0. The molecule has 0 spiro atoms. The van der Waals surface area contributed by atoms with Crippen LogP contribution in [0.3, 0.4) is 0 Å². The Hall–Kier alpha value is -5.25. The Kier molecular flexibility index (Phi) is 11.3. The number of aromatic nitrogens is 3. The highest BCUT2D eigenvalue weighted by Gasteiger charge is 2.31. The average Bonchev–Trinajstić information content (AvgIpc) is 3.62. The summed E-state index contributed by atoms with van der Waals surface area (Å²) in [6.45, 7) is 0. The fourth-order valence-electron chi connectivity index (χ4n) is 4.36. The molecule has 4 amide bonds. The van der Waals surface area contributed by atoms with Crippen LogP contribution < -0.4 is 27.4 Å². The van der Waals surface area contributed by atoms with E-state index < -0.39 is 66.2 Å². The summed E-state index contributed by atoms with van der Waals surface area (Å²) >= 11 is 0. The third kappa shape index (κ3) is 9.67. The Morgan fingerprint density at radius 3 is 2.14 bits per heavy atom. The molecule has 0 aliphatic rings. The molecule has 3 rings (SSSR count). The normalized spacial score (nSPS) is 13.8. The Morgan fingerprint density at radius 1 is 0.837 bits per heavy atom. The topological polar surface area (TPSA) is 275 Å². The molecule has 3 aromatic rings. The van der Waals surface area contributed by atoms with Crippen molar-refractivity contribution in [3.8, 4) is 0 Å². The number of fused-ring (bicyclic) bond motifs is 1. The van der Waals surface area contributed by atoms with Crippen LogP contribution in [0.2, 0.25) is 0 Å². The molecular formula is C27H34N8O8. The van der Waals surface area contributed by atoms with Gasteiger partial charge in [0, 0.05) is 48.3 Å². The van der Waals surface area contributed by atoms with Crippen molar-refractivity contribution in [1.29, 1.82) is 0 Å². The van der Waals surface area contributed by atoms with Gasteiger partial charge in [-0.3, -0.25) is 24.0 Å². The standard InChI is InChI=1S/C27H34N8O8/c28-17(9-14-11-31-18-4-2-1-3-16(14)18)24(39)33-19(6-8-23(37)38)25(40)35-21(10-15-12-30-13-32-15)26(41)34-20(27(42)43)5-7-22(29)36/h1-4,11-13,17,19-21,31H,5-10,28H2,(H2,29,36)(H,30,32)(H,33,39)(H,34,41)(H,35,40)(H,37,38)(H,42,43). The second kappa shape index (κ2) is 15.1. The van der Waals surface area contributed by atoms with Gasteiger partial charge in [0.25, 0.3) is 0 Å². The molecule has 16 nitrogen and oxygen atoms in total. The second-order valence-electron chi connectivity index (χ2n) is 9.91. The van der Waals surface area contributed by atoms with Gasteiger partial charge >= 0.3 is 11.9 Å². The number of primary amides is 1. The molecule has 2 heterocycles. The van der Waals surface area contributed by atoms with Gasteiger partial charge in [-0.15, -0.1) is 0 Å². The number of carbonyl (C=O) groups is 6. The van der Waals surface area contributed by atoms with Crippen LogP contribution in [-0.4, -0.2) is 84.9 Å². The monoisotopic (exact) mass is 598 g/mol. The van der Waals surface area contributed by atoms with E-state index in [1.54, 1.807) is 6.20 Å². The summed E-state index contributed by atoms with van der Waals surface area (Å²) in [5.41, 5.74) is 13.3. The number of benzene rings is 1. The predicted octanol–water partition coefficient (Wildman–Crippen LogP) is -1.33. The van der Waals surface area contributed by atoms with E-state index in [0.29, 0.717) is 5.69 Å². The summed E-state index contributed by atoms with van der Waals surface area (Å²) in [5.74, 6) is -5.92. The highest BCUT2D eigenvalue weighted by atomic mass is 16.4. The number of para-hydroxylation sites is 1. The number of amides is 4. The van der Waals surface area contributed by atoms with E-state index in [1.807, 2.05) is 24.3 Å². The maximum absolute atomic E-state index is 13.3. The molecule has 230 valence electrons. The molecule has 2 aromatic heterocycles. The quantitative estimate of drug-likeness (QED) is 0.0883. The molecule has 1 aromatic carbocycles. The number of aromatic amines is 2. The van der Waals surface area contributed by atoms with Crippen LogP contribution in [0.4, 0.5) is 0 Å². The lowest BCUT2D eigenvalue weighted by Crippen LogP contribution is -2.58. The molecular weight excluding hydrogens is 564 g/mol. The number of imidazole rings is 1. The number of hydrogen-bond donors (Lipinski definition) is 9. The molecule has 4 atom stereocenters. The first-order valence-electron chi connectivity index (χ1n) is 13.4. The van der Waals surface area contributed by atoms with E-state index >= 15 is 0 Å². The fraction of sp³-hybridized carbons (Fsp3) is 0.370. The zero-order valence-corrected chi connectivity index (χ0v) is 23.0. The van der Waals surface area contributed by atoms with Crippen molar-refractivity contribution in [2.24, 2.45) is 11.5 Å². The summed E-state index contributed by atoms with van der Waals surface area (Å²) in [5, 5.41) is 26.8. The smallest absolute Gasteiger partial charge is 0.326 e. The third-order valence-corrected chi connectivity index (χ3v) is 6.64. The van der Waals surface area contributed by atoms with Crippen molar-refractivity contribution in [1.82, 2.24) is 30.9 Å². The molecule has 4 unspecified atom stereocenters. The summed E-state index contributed by atoms with van der Waals surface area (Å²) in [6.07, 6.45) is 3.02. The molecule has 0 aliphatic carbocycles. The Bertz CT molecular complexity index is 1450. The van der Waals surface area contributed by atoms with E-state index in [4.69, 9.17) is 11.5 Å². The molecule has 0 bridgehead atoms. The number of carboxylic acid groups (broad SMARTS) is 2. The lowest BCUT2D eigenvalue weighted by molar-refractivity contribution is -0.142. The molecule has 0 saturated carbocycles. The van der Waals surface area contributed by atoms with E-state index in [1.165, 1.54) is 12.5 Å². The Morgan fingerprint density at radius 2 is 1.49 bits per heavy atom. The minimum atomic E-state index is -1.48. The number of H-pyrrole nitrogens is 2. The fourth-order valence-corrected chi connectivity index (χ4v) is 4.36. The maximum atomic E-state index is 13.3. The number of carbonyl (C=O) groups excluding carboxylic acids is 4. The van der Waals surface area contributed by atoms with E-state index in [-0.39, 0.29) is 32.1 Å². The number of aliphatic carboxylic acids is 2. The number of nitrogens with zero attached hydrogens (tertiary/aromatic N) is 1. The van der Waals surface area contributed by atoms with Gasteiger partial charge in [-0.1, -0.05) is 18.2 Å². The zero-order chi connectivity index (χ0) is 31.5.